The van der Waals surface area contributed by atoms with E-state index in [9.17, 15) is 19.1 Å². The lowest BCUT2D eigenvalue weighted by Gasteiger charge is -2.32. The second-order valence-electron chi connectivity index (χ2n) is 6.76. The van der Waals surface area contributed by atoms with Gasteiger partial charge in [-0.2, -0.15) is 0 Å². The largest absolute Gasteiger partial charge is 0.508 e. The van der Waals surface area contributed by atoms with E-state index in [0.717, 1.165) is 5.56 Å². The van der Waals surface area contributed by atoms with Gasteiger partial charge in [0, 0.05) is 31.1 Å². The zero-order chi connectivity index (χ0) is 19.2. The average molecular weight is 370 g/mol. The van der Waals surface area contributed by atoms with Gasteiger partial charge >= 0.3 is 0 Å². The summed E-state index contributed by atoms with van der Waals surface area (Å²) in [5.41, 5.74) is 1.20. The topological polar surface area (TPSA) is 69.6 Å². The molecule has 2 N–H and O–H groups in total. The van der Waals surface area contributed by atoms with E-state index < -0.39 is 0 Å². The van der Waals surface area contributed by atoms with Crippen LogP contribution in [0.2, 0.25) is 0 Å². The Morgan fingerprint density at radius 1 is 1.07 bits per heavy atom. The molecule has 142 valence electrons. The van der Waals surface area contributed by atoms with Gasteiger partial charge in [-0.25, -0.2) is 4.39 Å². The van der Waals surface area contributed by atoms with Crippen molar-refractivity contribution >= 4 is 11.8 Å². The van der Waals surface area contributed by atoms with Crippen molar-refractivity contribution in [2.24, 2.45) is 0 Å². The summed E-state index contributed by atoms with van der Waals surface area (Å²) in [6.07, 6.45) is 2.24. The molecule has 0 atom stereocenters. The van der Waals surface area contributed by atoms with Crippen LogP contribution >= 0.6 is 0 Å². The number of aromatic hydroxyl groups is 1. The number of benzene rings is 2. The number of nitrogens with one attached hydrogen (secondary N) is 1. The molecule has 6 heteroatoms. The van der Waals surface area contributed by atoms with Crippen LogP contribution in [0.15, 0.2) is 48.5 Å². The predicted molar refractivity (Wildman–Crippen MR) is 99.9 cm³/mol. The maximum absolute atomic E-state index is 12.9. The van der Waals surface area contributed by atoms with Crippen LogP contribution < -0.4 is 5.32 Å². The summed E-state index contributed by atoms with van der Waals surface area (Å²) in [5.74, 6) is -0.324. The lowest BCUT2D eigenvalue weighted by molar-refractivity contribution is -0.132. The molecule has 3 rings (SSSR count). The van der Waals surface area contributed by atoms with Gasteiger partial charge in [0.1, 0.15) is 11.6 Å². The number of hydrogen-bond acceptors (Lipinski definition) is 3. The highest BCUT2D eigenvalue weighted by Gasteiger charge is 2.24. The first-order valence-electron chi connectivity index (χ1n) is 9.14. The molecule has 27 heavy (non-hydrogen) atoms. The fraction of sp³-hybridized carbons (Fsp3) is 0.333. The Morgan fingerprint density at radius 2 is 1.74 bits per heavy atom. The molecule has 1 heterocycles. The van der Waals surface area contributed by atoms with Crippen molar-refractivity contribution in [2.75, 3.05) is 13.1 Å². The number of carbonyl (C=O) groups is 2. The summed E-state index contributed by atoms with van der Waals surface area (Å²) in [6.45, 7) is 1.18. The molecule has 1 aliphatic rings. The molecule has 0 saturated carbocycles. The molecular formula is C21H23FN2O3. The highest BCUT2D eigenvalue weighted by Crippen LogP contribution is 2.19. The van der Waals surface area contributed by atoms with Crippen LogP contribution in [-0.2, 0) is 11.2 Å². The van der Waals surface area contributed by atoms with Crippen LogP contribution in [-0.4, -0.2) is 41.0 Å². The van der Waals surface area contributed by atoms with E-state index in [1.807, 2.05) is 12.1 Å². The van der Waals surface area contributed by atoms with E-state index in [1.54, 1.807) is 17.0 Å². The molecule has 0 spiro atoms. The van der Waals surface area contributed by atoms with Crippen molar-refractivity contribution < 1.29 is 19.1 Å². The minimum atomic E-state index is -0.373. The number of rotatable bonds is 5. The number of para-hydroxylation sites is 1. The predicted octanol–water partition coefficient (Wildman–Crippen LogP) is 2.88. The van der Waals surface area contributed by atoms with Gasteiger partial charge < -0.3 is 15.3 Å². The molecule has 1 aliphatic heterocycles. The third-order valence-corrected chi connectivity index (χ3v) is 4.89. The van der Waals surface area contributed by atoms with Crippen LogP contribution in [0.5, 0.6) is 5.75 Å². The third kappa shape index (κ3) is 5.06. The average Bonchev–Trinajstić information content (AvgIpc) is 2.68. The molecule has 0 unspecified atom stereocenters. The van der Waals surface area contributed by atoms with Crippen LogP contribution in [0, 0.1) is 5.82 Å². The number of phenols is 1. The number of hydrogen-bond donors (Lipinski definition) is 2. The minimum Gasteiger partial charge on any atom is -0.508 e. The first kappa shape index (κ1) is 18.9. The second-order valence-corrected chi connectivity index (χ2v) is 6.76. The molecule has 5 nitrogen and oxygen atoms in total. The Balaban J connectivity index is 1.44. The highest BCUT2D eigenvalue weighted by atomic mass is 19.1. The van der Waals surface area contributed by atoms with E-state index in [0.29, 0.717) is 44.3 Å². The van der Waals surface area contributed by atoms with Crippen molar-refractivity contribution in [2.45, 2.75) is 31.7 Å². The van der Waals surface area contributed by atoms with Gasteiger partial charge in [0.2, 0.25) is 5.91 Å². The second kappa shape index (κ2) is 8.66. The summed E-state index contributed by atoms with van der Waals surface area (Å²) in [7, 11) is 0. The summed E-state index contributed by atoms with van der Waals surface area (Å²) >= 11 is 0. The molecule has 2 aromatic carbocycles. The molecule has 0 radical (unpaired) electrons. The number of phenolic OH excluding ortho intramolecular Hbond substituents is 1. The summed E-state index contributed by atoms with van der Waals surface area (Å²) in [4.78, 5) is 26.4. The molecule has 2 aromatic rings. The SMILES string of the molecule is O=C(NC1CCN(C(=O)CCc2ccccc2O)CC1)c1ccc(F)cc1. The van der Waals surface area contributed by atoms with Gasteiger partial charge in [0.15, 0.2) is 0 Å². The first-order chi connectivity index (χ1) is 13.0. The third-order valence-electron chi connectivity index (χ3n) is 4.89. The Labute approximate surface area is 157 Å². The number of likely N-dealkylation sites (tertiary alicyclic amines) is 1. The standard InChI is InChI=1S/C21H23FN2O3/c22-17-8-5-16(6-9-17)21(27)23-18-11-13-24(14-12-18)20(26)10-7-15-3-1-2-4-19(15)25/h1-6,8-9,18,25H,7,10-14H2,(H,23,27). The maximum atomic E-state index is 12.9. The number of nitrogens with zero attached hydrogens (tertiary/aromatic N) is 1. The van der Waals surface area contributed by atoms with Crippen molar-refractivity contribution in [1.29, 1.82) is 0 Å². The zero-order valence-electron chi connectivity index (χ0n) is 15.0. The monoisotopic (exact) mass is 370 g/mol. The quantitative estimate of drug-likeness (QED) is 0.850. The van der Waals surface area contributed by atoms with E-state index in [-0.39, 0.29) is 29.4 Å². The summed E-state index contributed by atoms with van der Waals surface area (Å²) < 4.78 is 12.9. The number of amides is 2. The molecule has 0 aromatic heterocycles. The van der Waals surface area contributed by atoms with Gasteiger partial charge in [-0.1, -0.05) is 18.2 Å². The molecule has 1 fully saturated rings. The van der Waals surface area contributed by atoms with Crippen molar-refractivity contribution in [1.82, 2.24) is 10.2 Å². The number of piperidine rings is 1. The lowest BCUT2D eigenvalue weighted by atomic mass is 10.0. The molecule has 1 saturated heterocycles. The smallest absolute Gasteiger partial charge is 0.251 e. The fourth-order valence-corrected chi connectivity index (χ4v) is 3.27. The number of carbonyl (C=O) groups excluding carboxylic acids is 2. The zero-order valence-corrected chi connectivity index (χ0v) is 15.0. The van der Waals surface area contributed by atoms with Crippen molar-refractivity contribution in [3.63, 3.8) is 0 Å². The van der Waals surface area contributed by atoms with Gasteiger partial charge in [0.25, 0.3) is 5.91 Å². The maximum Gasteiger partial charge on any atom is 0.251 e. The Hall–Kier alpha value is -2.89. The lowest BCUT2D eigenvalue weighted by Crippen LogP contribution is -2.46. The van der Waals surface area contributed by atoms with Gasteiger partial charge in [0.05, 0.1) is 0 Å². The molecule has 0 aliphatic carbocycles. The highest BCUT2D eigenvalue weighted by molar-refractivity contribution is 5.94. The van der Waals surface area contributed by atoms with E-state index in [2.05, 4.69) is 5.32 Å². The molecular weight excluding hydrogens is 347 g/mol. The molecule has 0 bridgehead atoms. The number of halogens is 1. The van der Waals surface area contributed by atoms with Crippen LogP contribution in [0.1, 0.15) is 35.2 Å². The van der Waals surface area contributed by atoms with Crippen molar-refractivity contribution in [3.05, 3.63) is 65.5 Å². The van der Waals surface area contributed by atoms with E-state index in [4.69, 9.17) is 0 Å². The van der Waals surface area contributed by atoms with Crippen LogP contribution in [0.25, 0.3) is 0 Å². The van der Waals surface area contributed by atoms with Gasteiger partial charge in [-0.3, -0.25) is 9.59 Å². The van der Waals surface area contributed by atoms with Crippen molar-refractivity contribution in [3.8, 4) is 5.75 Å². The normalized spacial score (nSPS) is 14.8. The van der Waals surface area contributed by atoms with E-state index in [1.165, 1.54) is 24.3 Å². The molecule has 2 amide bonds. The summed E-state index contributed by atoms with van der Waals surface area (Å²) in [6, 6.07) is 12.5. The van der Waals surface area contributed by atoms with Crippen LogP contribution in [0.3, 0.4) is 0 Å². The van der Waals surface area contributed by atoms with Gasteiger partial charge in [-0.15, -0.1) is 0 Å². The Kier molecular flexibility index (Phi) is 6.06. The van der Waals surface area contributed by atoms with Crippen LogP contribution in [0.4, 0.5) is 4.39 Å². The minimum absolute atomic E-state index is 0.00442. The fourth-order valence-electron chi connectivity index (χ4n) is 3.27. The Bertz CT molecular complexity index is 799. The van der Waals surface area contributed by atoms with Gasteiger partial charge in [-0.05, 0) is 55.2 Å². The van der Waals surface area contributed by atoms with E-state index >= 15 is 0 Å². The Morgan fingerprint density at radius 3 is 2.41 bits per heavy atom. The first-order valence-corrected chi connectivity index (χ1v) is 9.14. The number of aryl methyl sites for hydroxylation is 1. The summed E-state index contributed by atoms with van der Waals surface area (Å²) in [5, 5.41) is 12.7.